The molecule has 2 N–H and O–H groups in total. The number of hydrogen-bond donors (Lipinski definition) is 2. The Bertz CT molecular complexity index is 619. The summed E-state index contributed by atoms with van der Waals surface area (Å²) in [7, 11) is 1.75. The van der Waals surface area contributed by atoms with Gasteiger partial charge in [0, 0.05) is 29.0 Å². The highest BCUT2D eigenvalue weighted by Crippen LogP contribution is 2.25. The van der Waals surface area contributed by atoms with Crippen LogP contribution >= 0.6 is 27.5 Å². The highest BCUT2D eigenvalue weighted by atomic mass is 79.9. The van der Waals surface area contributed by atoms with Crippen LogP contribution in [0.15, 0.2) is 41.0 Å². The van der Waals surface area contributed by atoms with Crippen molar-refractivity contribution in [1.29, 1.82) is 0 Å². The summed E-state index contributed by atoms with van der Waals surface area (Å²) >= 11 is 9.27. The molecule has 0 aliphatic heterocycles. The molecule has 0 radical (unpaired) electrons. The Morgan fingerprint density at radius 2 is 2.11 bits per heavy atom. The van der Waals surface area contributed by atoms with E-state index in [4.69, 9.17) is 11.6 Å². The Morgan fingerprint density at radius 1 is 1.32 bits per heavy atom. The van der Waals surface area contributed by atoms with Crippen molar-refractivity contribution in [3.05, 3.63) is 51.6 Å². The number of nitrogens with zero attached hydrogens (tertiary/aromatic N) is 1. The van der Waals surface area contributed by atoms with E-state index >= 15 is 0 Å². The van der Waals surface area contributed by atoms with Crippen LogP contribution in [0.5, 0.6) is 0 Å². The molecule has 0 saturated heterocycles. The first-order valence-corrected chi connectivity index (χ1v) is 6.67. The van der Waals surface area contributed by atoms with Gasteiger partial charge in [-0.25, -0.2) is 4.98 Å². The number of carbonyl (C=O) groups excluding carboxylic acids is 1. The molecule has 4 nitrogen and oxygen atoms in total. The lowest BCUT2D eigenvalue weighted by Crippen LogP contribution is -2.12. The Kier molecular flexibility index (Phi) is 4.39. The number of hydrogen-bond acceptors (Lipinski definition) is 3. The number of halogens is 2. The minimum Gasteiger partial charge on any atom is -0.373 e. The smallest absolute Gasteiger partial charge is 0.255 e. The number of aromatic nitrogens is 1. The molecule has 2 aromatic rings. The van der Waals surface area contributed by atoms with E-state index in [-0.39, 0.29) is 5.91 Å². The molecule has 2 rings (SSSR count). The number of nitrogens with one attached hydrogen (secondary N) is 2. The molecule has 98 valence electrons. The maximum atomic E-state index is 12.1. The topological polar surface area (TPSA) is 54.0 Å². The summed E-state index contributed by atoms with van der Waals surface area (Å²) in [4.78, 5) is 16.1. The van der Waals surface area contributed by atoms with Crippen molar-refractivity contribution >= 4 is 44.9 Å². The first-order chi connectivity index (χ1) is 9.10. The van der Waals surface area contributed by atoms with E-state index in [2.05, 4.69) is 31.5 Å². The minimum absolute atomic E-state index is 0.211. The van der Waals surface area contributed by atoms with Gasteiger partial charge in [0.05, 0.1) is 5.02 Å². The van der Waals surface area contributed by atoms with Crippen molar-refractivity contribution in [2.75, 3.05) is 17.7 Å². The average molecular weight is 341 g/mol. The van der Waals surface area contributed by atoms with Crippen LogP contribution < -0.4 is 10.6 Å². The van der Waals surface area contributed by atoms with Crippen molar-refractivity contribution in [2.24, 2.45) is 0 Å². The number of amides is 1. The third kappa shape index (κ3) is 3.45. The van der Waals surface area contributed by atoms with Crippen LogP contribution in [0.3, 0.4) is 0 Å². The number of carbonyl (C=O) groups is 1. The second-order valence-electron chi connectivity index (χ2n) is 3.76. The second-order valence-corrected chi connectivity index (χ2v) is 5.02. The summed E-state index contributed by atoms with van der Waals surface area (Å²) in [5.74, 6) is 0.429. The zero-order chi connectivity index (χ0) is 13.8. The van der Waals surface area contributed by atoms with Gasteiger partial charge in [0.15, 0.2) is 0 Å². The van der Waals surface area contributed by atoms with E-state index in [1.807, 2.05) is 0 Å². The largest absolute Gasteiger partial charge is 0.373 e. The molecule has 1 aromatic carbocycles. The van der Waals surface area contributed by atoms with Crippen LogP contribution in [0.25, 0.3) is 0 Å². The Morgan fingerprint density at radius 3 is 2.79 bits per heavy atom. The van der Waals surface area contributed by atoms with Gasteiger partial charge >= 0.3 is 0 Å². The standard InChI is InChI=1S/C13H11BrClN3O/c1-16-12-6-8(4-5-17-12)13(19)18-9-2-3-10(14)11(15)7-9/h2-7H,1H3,(H,16,17)(H,18,19). The van der Waals surface area contributed by atoms with Crippen molar-refractivity contribution in [1.82, 2.24) is 4.98 Å². The number of pyridine rings is 1. The number of benzene rings is 1. The van der Waals surface area contributed by atoms with Gasteiger partial charge in [0.2, 0.25) is 0 Å². The van der Waals surface area contributed by atoms with E-state index < -0.39 is 0 Å². The number of anilines is 2. The first-order valence-electron chi connectivity index (χ1n) is 5.50. The van der Waals surface area contributed by atoms with E-state index in [1.54, 1.807) is 43.6 Å². The van der Waals surface area contributed by atoms with Crippen LogP contribution in [0.2, 0.25) is 5.02 Å². The summed E-state index contributed by atoms with van der Waals surface area (Å²) < 4.78 is 0.786. The molecule has 1 aromatic heterocycles. The molecule has 0 spiro atoms. The second kappa shape index (κ2) is 6.04. The molecule has 0 bridgehead atoms. The summed E-state index contributed by atoms with van der Waals surface area (Å²) in [5, 5.41) is 6.21. The molecular formula is C13H11BrClN3O. The van der Waals surface area contributed by atoms with E-state index in [0.717, 1.165) is 4.47 Å². The third-order valence-corrected chi connectivity index (χ3v) is 3.69. The van der Waals surface area contributed by atoms with Crippen molar-refractivity contribution in [3.8, 4) is 0 Å². The fourth-order valence-corrected chi connectivity index (χ4v) is 1.91. The Balaban J connectivity index is 2.18. The molecule has 0 saturated carbocycles. The fourth-order valence-electron chi connectivity index (χ4n) is 1.49. The van der Waals surface area contributed by atoms with Crippen molar-refractivity contribution in [2.45, 2.75) is 0 Å². The van der Waals surface area contributed by atoms with Gasteiger partial charge in [0.25, 0.3) is 5.91 Å². The zero-order valence-corrected chi connectivity index (χ0v) is 12.4. The van der Waals surface area contributed by atoms with Crippen LogP contribution in [0, 0.1) is 0 Å². The molecule has 1 amide bonds. The third-order valence-electron chi connectivity index (χ3n) is 2.46. The van der Waals surface area contributed by atoms with Crippen molar-refractivity contribution in [3.63, 3.8) is 0 Å². The SMILES string of the molecule is CNc1cc(C(=O)Nc2ccc(Br)c(Cl)c2)ccn1. The normalized spacial score (nSPS) is 10.1. The molecule has 19 heavy (non-hydrogen) atoms. The van der Waals surface area contributed by atoms with E-state index in [1.165, 1.54) is 0 Å². The number of rotatable bonds is 3. The van der Waals surface area contributed by atoms with Gasteiger partial charge in [-0.3, -0.25) is 4.79 Å². The fraction of sp³-hybridized carbons (Fsp3) is 0.0769. The molecule has 0 atom stereocenters. The molecule has 0 unspecified atom stereocenters. The Labute approximate surface area is 124 Å². The highest BCUT2D eigenvalue weighted by Gasteiger charge is 2.08. The molecule has 0 aliphatic carbocycles. The van der Waals surface area contributed by atoms with Gasteiger partial charge in [-0.2, -0.15) is 0 Å². The average Bonchev–Trinajstić information content (AvgIpc) is 2.43. The zero-order valence-electron chi connectivity index (χ0n) is 10.1. The lowest BCUT2D eigenvalue weighted by atomic mass is 10.2. The van der Waals surface area contributed by atoms with Crippen LogP contribution in [0.1, 0.15) is 10.4 Å². The monoisotopic (exact) mass is 339 g/mol. The van der Waals surface area contributed by atoms with Gasteiger partial charge in [-0.1, -0.05) is 11.6 Å². The van der Waals surface area contributed by atoms with Crippen molar-refractivity contribution < 1.29 is 4.79 Å². The molecule has 0 aliphatic rings. The summed E-state index contributed by atoms with van der Waals surface area (Å²) in [5.41, 5.74) is 1.17. The molecular weight excluding hydrogens is 330 g/mol. The quantitative estimate of drug-likeness (QED) is 0.894. The molecule has 1 heterocycles. The van der Waals surface area contributed by atoms with Gasteiger partial charge in [0.1, 0.15) is 5.82 Å². The van der Waals surface area contributed by atoms with Gasteiger partial charge in [-0.05, 0) is 46.3 Å². The lowest BCUT2D eigenvalue weighted by molar-refractivity contribution is 0.102. The summed E-state index contributed by atoms with van der Waals surface area (Å²) in [6.45, 7) is 0. The van der Waals surface area contributed by atoms with Crippen LogP contribution in [-0.2, 0) is 0 Å². The van der Waals surface area contributed by atoms with E-state index in [9.17, 15) is 4.79 Å². The first kappa shape index (κ1) is 13.8. The lowest BCUT2D eigenvalue weighted by Gasteiger charge is -2.07. The molecule has 0 fully saturated rings. The van der Waals surface area contributed by atoms with Crippen LogP contribution in [-0.4, -0.2) is 17.9 Å². The summed E-state index contributed by atoms with van der Waals surface area (Å²) in [6.07, 6.45) is 1.58. The van der Waals surface area contributed by atoms with Gasteiger partial charge < -0.3 is 10.6 Å². The Hall–Kier alpha value is -1.59. The maximum Gasteiger partial charge on any atom is 0.255 e. The minimum atomic E-state index is -0.211. The predicted octanol–water partition coefficient (Wildman–Crippen LogP) is 3.79. The van der Waals surface area contributed by atoms with Crippen LogP contribution in [0.4, 0.5) is 11.5 Å². The van der Waals surface area contributed by atoms with E-state index in [0.29, 0.717) is 22.1 Å². The predicted molar refractivity (Wildman–Crippen MR) is 80.9 cm³/mol. The van der Waals surface area contributed by atoms with Gasteiger partial charge in [-0.15, -0.1) is 0 Å². The highest BCUT2D eigenvalue weighted by molar-refractivity contribution is 9.10. The summed E-state index contributed by atoms with van der Waals surface area (Å²) in [6, 6.07) is 8.56. The molecule has 6 heteroatoms. The maximum absolute atomic E-state index is 12.1.